The summed E-state index contributed by atoms with van der Waals surface area (Å²) in [5.74, 6) is -3.45. The summed E-state index contributed by atoms with van der Waals surface area (Å²) in [7, 11) is 1.45. The second kappa shape index (κ2) is 4.00. The van der Waals surface area contributed by atoms with E-state index in [1.807, 2.05) is 0 Å². The van der Waals surface area contributed by atoms with Gasteiger partial charge in [0.2, 0.25) is 0 Å². The van der Waals surface area contributed by atoms with Crippen LogP contribution in [0.25, 0.3) is 0 Å². The Hall–Kier alpha value is -1.03. The van der Waals surface area contributed by atoms with Gasteiger partial charge < -0.3 is 5.32 Å². The van der Waals surface area contributed by atoms with Crippen LogP contribution in [0.4, 0.5) is 13.2 Å². The summed E-state index contributed by atoms with van der Waals surface area (Å²) in [5.41, 5.74) is 0.138. The van der Waals surface area contributed by atoms with Crippen molar-refractivity contribution in [3.63, 3.8) is 0 Å². The molecular weight excluding hydrogens is 191 g/mol. The van der Waals surface area contributed by atoms with Crippen molar-refractivity contribution in [3.8, 4) is 0 Å². The van der Waals surface area contributed by atoms with Crippen molar-refractivity contribution < 1.29 is 13.2 Å². The Bertz CT molecular complexity index is 323. The predicted octanol–water partition coefficient (Wildman–Crippen LogP) is 2.45. The van der Waals surface area contributed by atoms with Crippen LogP contribution < -0.4 is 5.32 Å². The number of aryl methyl sites for hydroxylation is 1. The fourth-order valence-electron chi connectivity index (χ4n) is 1.35. The lowest BCUT2D eigenvalue weighted by atomic mass is 10.0. The first kappa shape index (κ1) is 11.0. The van der Waals surface area contributed by atoms with Crippen LogP contribution in [0.2, 0.25) is 0 Å². The first-order chi connectivity index (χ1) is 6.47. The van der Waals surface area contributed by atoms with Crippen molar-refractivity contribution in [1.29, 1.82) is 0 Å². The van der Waals surface area contributed by atoms with Crippen LogP contribution in [0.3, 0.4) is 0 Å². The zero-order chi connectivity index (χ0) is 10.8. The monoisotopic (exact) mass is 203 g/mol. The summed E-state index contributed by atoms with van der Waals surface area (Å²) in [6.07, 6.45) is 0. The standard InChI is InChI=1S/C10H12F3N/c1-7-5-8(11)3-4-9(7)10(12,13)6-14-2/h3-5,14H,6H2,1-2H3. The Balaban J connectivity index is 3.06. The number of hydrogen-bond acceptors (Lipinski definition) is 1. The molecule has 0 saturated carbocycles. The van der Waals surface area contributed by atoms with Gasteiger partial charge in [-0.15, -0.1) is 0 Å². The Morgan fingerprint density at radius 2 is 2.00 bits per heavy atom. The molecule has 0 radical (unpaired) electrons. The molecule has 0 heterocycles. The predicted molar refractivity (Wildman–Crippen MR) is 49.0 cm³/mol. The molecule has 1 N–H and O–H groups in total. The molecule has 0 bridgehead atoms. The number of nitrogens with one attached hydrogen (secondary N) is 1. The molecule has 1 aromatic rings. The molecule has 1 aromatic carbocycles. The van der Waals surface area contributed by atoms with E-state index >= 15 is 0 Å². The SMILES string of the molecule is CNCC(F)(F)c1ccc(F)cc1C. The summed E-state index contributed by atoms with van der Waals surface area (Å²) in [6.45, 7) is 1.03. The molecule has 0 aliphatic rings. The Morgan fingerprint density at radius 3 is 2.50 bits per heavy atom. The largest absolute Gasteiger partial charge is 0.314 e. The highest BCUT2D eigenvalue weighted by Crippen LogP contribution is 2.29. The van der Waals surface area contributed by atoms with Crippen molar-refractivity contribution in [3.05, 3.63) is 35.1 Å². The maximum Gasteiger partial charge on any atom is 0.285 e. The van der Waals surface area contributed by atoms with Crippen LogP contribution in [-0.2, 0) is 5.92 Å². The van der Waals surface area contributed by atoms with Gasteiger partial charge in [0.1, 0.15) is 5.82 Å². The summed E-state index contributed by atoms with van der Waals surface area (Å²) in [5, 5.41) is 2.40. The van der Waals surface area contributed by atoms with E-state index in [2.05, 4.69) is 5.32 Å². The van der Waals surface area contributed by atoms with Crippen LogP contribution in [0.15, 0.2) is 18.2 Å². The lowest BCUT2D eigenvalue weighted by molar-refractivity contribution is -0.00191. The van der Waals surface area contributed by atoms with Gasteiger partial charge in [-0.25, -0.2) is 4.39 Å². The van der Waals surface area contributed by atoms with Gasteiger partial charge in [-0.05, 0) is 37.7 Å². The van der Waals surface area contributed by atoms with Gasteiger partial charge in [0.25, 0.3) is 5.92 Å². The first-order valence-corrected chi connectivity index (χ1v) is 4.26. The number of rotatable bonds is 3. The van der Waals surface area contributed by atoms with E-state index < -0.39 is 18.3 Å². The third-order valence-electron chi connectivity index (χ3n) is 1.98. The summed E-state index contributed by atoms with van der Waals surface area (Å²) >= 11 is 0. The zero-order valence-electron chi connectivity index (χ0n) is 8.07. The molecule has 1 nitrogen and oxygen atoms in total. The molecule has 1 rings (SSSR count). The van der Waals surface area contributed by atoms with Crippen molar-refractivity contribution >= 4 is 0 Å². The number of likely N-dealkylation sites (N-methyl/N-ethyl adjacent to an activating group) is 1. The van der Waals surface area contributed by atoms with Gasteiger partial charge in [0.05, 0.1) is 6.54 Å². The lowest BCUT2D eigenvalue weighted by Gasteiger charge is -2.18. The molecule has 0 saturated heterocycles. The number of benzene rings is 1. The summed E-state index contributed by atoms with van der Waals surface area (Å²) in [6, 6.07) is 3.28. The summed E-state index contributed by atoms with van der Waals surface area (Å²) < 4.78 is 39.4. The van der Waals surface area contributed by atoms with Crippen LogP contribution in [0.5, 0.6) is 0 Å². The van der Waals surface area contributed by atoms with Crippen molar-refractivity contribution in [2.45, 2.75) is 12.8 Å². The van der Waals surface area contributed by atoms with Crippen molar-refractivity contribution in [2.24, 2.45) is 0 Å². The van der Waals surface area contributed by atoms with Crippen LogP contribution in [0, 0.1) is 12.7 Å². The molecule has 0 unspecified atom stereocenters. The lowest BCUT2D eigenvalue weighted by Crippen LogP contribution is -2.28. The average Bonchev–Trinajstić information content (AvgIpc) is 2.02. The van der Waals surface area contributed by atoms with E-state index in [0.29, 0.717) is 0 Å². The number of hydrogen-bond donors (Lipinski definition) is 1. The van der Waals surface area contributed by atoms with Gasteiger partial charge >= 0.3 is 0 Å². The van der Waals surface area contributed by atoms with Crippen LogP contribution in [-0.4, -0.2) is 13.6 Å². The second-order valence-corrected chi connectivity index (χ2v) is 3.19. The molecule has 14 heavy (non-hydrogen) atoms. The fourth-order valence-corrected chi connectivity index (χ4v) is 1.35. The highest BCUT2D eigenvalue weighted by atomic mass is 19.3. The average molecular weight is 203 g/mol. The smallest absolute Gasteiger partial charge is 0.285 e. The van der Waals surface area contributed by atoms with Gasteiger partial charge in [-0.3, -0.25) is 0 Å². The normalized spacial score (nSPS) is 11.8. The van der Waals surface area contributed by atoms with Gasteiger partial charge in [-0.2, -0.15) is 8.78 Å². The molecule has 0 aromatic heterocycles. The van der Waals surface area contributed by atoms with Gasteiger partial charge in [-0.1, -0.05) is 0 Å². The third kappa shape index (κ3) is 2.26. The quantitative estimate of drug-likeness (QED) is 0.795. The Labute approximate surface area is 80.9 Å². The van der Waals surface area contributed by atoms with E-state index in [-0.39, 0.29) is 11.1 Å². The molecule has 0 aliphatic heterocycles. The van der Waals surface area contributed by atoms with E-state index in [1.54, 1.807) is 0 Å². The van der Waals surface area contributed by atoms with Gasteiger partial charge in [0.15, 0.2) is 0 Å². The molecule has 0 aliphatic carbocycles. The van der Waals surface area contributed by atoms with Crippen molar-refractivity contribution in [2.75, 3.05) is 13.6 Å². The summed E-state index contributed by atoms with van der Waals surface area (Å²) in [4.78, 5) is 0. The van der Waals surface area contributed by atoms with Gasteiger partial charge in [0, 0.05) is 5.56 Å². The minimum Gasteiger partial charge on any atom is -0.314 e. The highest BCUT2D eigenvalue weighted by Gasteiger charge is 2.31. The fraction of sp³-hybridized carbons (Fsp3) is 0.400. The topological polar surface area (TPSA) is 12.0 Å². The third-order valence-corrected chi connectivity index (χ3v) is 1.98. The maximum absolute atomic E-state index is 13.4. The number of halogens is 3. The van der Waals surface area contributed by atoms with E-state index in [0.717, 1.165) is 18.2 Å². The molecule has 4 heteroatoms. The molecule has 78 valence electrons. The molecule has 0 atom stereocenters. The molecule has 0 amide bonds. The maximum atomic E-state index is 13.4. The van der Waals surface area contributed by atoms with Crippen LogP contribution >= 0.6 is 0 Å². The van der Waals surface area contributed by atoms with Crippen molar-refractivity contribution in [1.82, 2.24) is 5.32 Å². The minimum absolute atomic E-state index is 0.131. The second-order valence-electron chi connectivity index (χ2n) is 3.19. The molecule has 0 fully saturated rings. The molecular formula is C10H12F3N. The van der Waals surface area contributed by atoms with E-state index in [1.165, 1.54) is 14.0 Å². The number of alkyl halides is 2. The van der Waals surface area contributed by atoms with E-state index in [9.17, 15) is 13.2 Å². The Morgan fingerprint density at radius 1 is 1.36 bits per heavy atom. The molecule has 0 spiro atoms. The highest BCUT2D eigenvalue weighted by molar-refractivity contribution is 5.30. The Kier molecular flexibility index (Phi) is 3.16. The first-order valence-electron chi connectivity index (χ1n) is 4.26. The minimum atomic E-state index is -2.95. The van der Waals surface area contributed by atoms with Crippen LogP contribution in [0.1, 0.15) is 11.1 Å². The zero-order valence-corrected chi connectivity index (χ0v) is 8.07. The van der Waals surface area contributed by atoms with E-state index in [4.69, 9.17) is 0 Å².